The molecule has 6 nitrogen and oxygen atoms in total. The van der Waals surface area contributed by atoms with E-state index in [9.17, 15) is 13.2 Å². The molecule has 0 aliphatic carbocycles. The molecule has 1 saturated heterocycles. The monoisotopic (exact) mass is 583 g/mol. The van der Waals surface area contributed by atoms with Crippen LogP contribution in [0.4, 0.5) is 5.13 Å². The average molecular weight is 585 g/mol. The first kappa shape index (κ1) is 25.1. The second-order valence-corrected chi connectivity index (χ2v) is 13.0. The molecule has 2 heterocycles. The predicted octanol–water partition coefficient (Wildman–Crippen LogP) is 6.33. The van der Waals surface area contributed by atoms with Gasteiger partial charge in [0.1, 0.15) is 0 Å². The van der Waals surface area contributed by atoms with Crippen molar-refractivity contribution in [2.75, 3.05) is 18.0 Å². The fourth-order valence-corrected chi connectivity index (χ4v) is 7.55. The van der Waals surface area contributed by atoms with Gasteiger partial charge < -0.3 is 0 Å². The van der Waals surface area contributed by atoms with Crippen molar-refractivity contribution in [2.45, 2.75) is 31.2 Å². The summed E-state index contributed by atoms with van der Waals surface area (Å²) in [6.07, 6.45) is 1.91. The van der Waals surface area contributed by atoms with Gasteiger partial charge in [-0.25, -0.2) is 13.4 Å². The Hall–Kier alpha value is -2.59. The fraction of sp³-hybridized carbons (Fsp3) is 0.259. The molecule has 3 aromatic carbocycles. The van der Waals surface area contributed by atoms with Crippen molar-refractivity contribution < 1.29 is 13.2 Å². The topological polar surface area (TPSA) is 70.6 Å². The SMILES string of the molecule is CC1CCCN(S(=O)(=O)c2ccc(C(=O)N(Cc3ccccc3)c3nc4ccc(Br)cc4s3)cc2)C1. The molecule has 1 aromatic heterocycles. The van der Waals surface area contributed by atoms with Crippen LogP contribution in [-0.4, -0.2) is 36.7 Å². The molecular formula is C27H26BrN3O3S2. The van der Waals surface area contributed by atoms with E-state index in [1.165, 1.54) is 23.5 Å². The number of fused-ring (bicyclic) bond motifs is 1. The van der Waals surface area contributed by atoms with Crippen molar-refractivity contribution in [1.82, 2.24) is 9.29 Å². The van der Waals surface area contributed by atoms with Gasteiger partial charge in [0.05, 0.1) is 21.7 Å². The van der Waals surface area contributed by atoms with E-state index in [2.05, 4.69) is 22.9 Å². The van der Waals surface area contributed by atoms with Crippen LogP contribution in [0, 0.1) is 5.92 Å². The first-order chi connectivity index (χ1) is 17.3. The Morgan fingerprint density at radius 2 is 1.86 bits per heavy atom. The van der Waals surface area contributed by atoms with Crippen LogP contribution in [0.2, 0.25) is 0 Å². The van der Waals surface area contributed by atoms with Crippen LogP contribution in [0.25, 0.3) is 10.2 Å². The maximum Gasteiger partial charge on any atom is 0.260 e. The third kappa shape index (κ3) is 5.25. The van der Waals surface area contributed by atoms with Crippen molar-refractivity contribution in [2.24, 2.45) is 5.92 Å². The van der Waals surface area contributed by atoms with E-state index in [1.54, 1.807) is 21.3 Å². The molecule has 0 bridgehead atoms. The Kier molecular flexibility index (Phi) is 7.25. The first-order valence-electron chi connectivity index (χ1n) is 11.8. The van der Waals surface area contributed by atoms with Gasteiger partial charge in [0.2, 0.25) is 10.0 Å². The molecule has 186 valence electrons. The third-order valence-electron chi connectivity index (χ3n) is 6.36. The Balaban J connectivity index is 1.46. The minimum atomic E-state index is -3.59. The number of hydrogen-bond donors (Lipinski definition) is 0. The lowest BCUT2D eigenvalue weighted by Gasteiger charge is -2.30. The largest absolute Gasteiger partial charge is 0.279 e. The lowest BCUT2D eigenvalue weighted by atomic mass is 10.0. The van der Waals surface area contributed by atoms with Gasteiger partial charge in [-0.05, 0) is 66.8 Å². The Bertz CT molecular complexity index is 1490. The standard InChI is InChI=1S/C27H26BrN3O3S2/c1-19-6-5-15-30(17-19)36(33,34)23-12-9-21(10-13-23)26(32)31(18-20-7-3-2-4-8-20)27-29-24-14-11-22(28)16-25(24)35-27/h2-4,7-14,16,19H,5-6,15,17-18H2,1H3. The minimum Gasteiger partial charge on any atom is -0.279 e. The Morgan fingerprint density at radius 1 is 1.11 bits per heavy atom. The van der Waals surface area contributed by atoms with Crippen LogP contribution in [0.15, 0.2) is 82.2 Å². The smallest absolute Gasteiger partial charge is 0.260 e. The van der Waals surface area contributed by atoms with E-state index < -0.39 is 10.0 Å². The molecular weight excluding hydrogens is 558 g/mol. The number of sulfonamides is 1. The van der Waals surface area contributed by atoms with Crippen molar-refractivity contribution in [1.29, 1.82) is 0 Å². The number of thiazole rings is 1. The van der Waals surface area contributed by atoms with E-state index in [1.807, 2.05) is 48.5 Å². The van der Waals surface area contributed by atoms with Crippen LogP contribution >= 0.6 is 27.3 Å². The summed E-state index contributed by atoms with van der Waals surface area (Å²) in [6.45, 7) is 3.49. The molecule has 5 rings (SSSR count). The van der Waals surface area contributed by atoms with E-state index in [0.717, 1.165) is 33.1 Å². The maximum atomic E-state index is 13.7. The van der Waals surface area contributed by atoms with E-state index in [4.69, 9.17) is 4.98 Å². The molecule has 1 unspecified atom stereocenters. The highest BCUT2D eigenvalue weighted by atomic mass is 79.9. The molecule has 0 saturated carbocycles. The summed E-state index contributed by atoms with van der Waals surface area (Å²) < 4.78 is 29.8. The summed E-state index contributed by atoms with van der Waals surface area (Å²) >= 11 is 4.95. The fourth-order valence-electron chi connectivity index (χ4n) is 4.43. The number of amides is 1. The van der Waals surface area contributed by atoms with Gasteiger partial charge in [-0.2, -0.15) is 4.31 Å². The molecule has 0 spiro atoms. The summed E-state index contributed by atoms with van der Waals surface area (Å²) in [5.74, 6) is 0.114. The van der Waals surface area contributed by atoms with Crippen LogP contribution < -0.4 is 4.90 Å². The number of aromatic nitrogens is 1. The van der Waals surface area contributed by atoms with Gasteiger partial charge in [0, 0.05) is 23.1 Å². The van der Waals surface area contributed by atoms with E-state index in [-0.39, 0.29) is 10.8 Å². The zero-order valence-corrected chi connectivity index (χ0v) is 23.0. The molecule has 36 heavy (non-hydrogen) atoms. The molecule has 4 aromatic rings. The van der Waals surface area contributed by atoms with Crippen LogP contribution in [0.5, 0.6) is 0 Å². The quantitative estimate of drug-likeness (QED) is 0.266. The number of carbonyl (C=O) groups is 1. The maximum absolute atomic E-state index is 13.7. The van der Waals surface area contributed by atoms with Gasteiger partial charge >= 0.3 is 0 Å². The molecule has 1 aliphatic rings. The van der Waals surface area contributed by atoms with Gasteiger partial charge in [-0.3, -0.25) is 9.69 Å². The van der Waals surface area contributed by atoms with Crippen molar-refractivity contribution >= 4 is 58.5 Å². The lowest BCUT2D eigenvalue weighted by molar-refractivity contribution is 0.0985. The summed E-state index contributed by atoms with van der Waals surface area (Å²) in [6, 6.07) is 21.9. The highest BCUT2D eigenvalue weighted by molar-refractivity contribution is 9.10. The lowest BCUT2D eigenvalue weighted by Crippen LogP contribution is -2.39. The number of halogens is 1. The highest BCUT2D eigenvalue weighted by Gasteiger charge is 2.29. The second kappa shape index (κ2) is 10.4. The summed E-state index contributed by atoms with van der Waals surface area (Å²) in [7, 11) is -3.59. The highest BCUT2D eigenvalue weighted by Crippen LogP contribution is 2.33. The number of piperidine rings is 1. The third-order valence-corrected chi connectivity index (χ3v) is 9.77. The van der Waals surface area contributed by atoms with E-state index in [0.29, 0.717) is 36.2 Å². The van der Waals surface area contributed by atoms with Gasteiger partial charge in [0.15, 0.2) is 5.13 Å². The zero-order valence-electron chi connectivity index (χ0n) is 19.8. The van der Waals surface area contributed by atoms with Gasteiger partial charge in [0.25, 0.3) is 5.91 Å². The molecule has 0 radical (unpaired) electrons. The summed E-state index contributed by atoms with van der Waals surface area (Å²) in [5.41, 5.74) is 2.21. The molecule has 1 fully saturated rings. The average Bonchev–Trinajstić information content (AvgIpc) is 3.30. The first-order valence-corrected chi connectivity index (χ1v) is 14.9. The van der Waals surface area contributed by atoms with Crippen LogP contribution in [-0.2, 0) is 16.6 Å². The summed E-state index contributed by atoms with van der Waals surface area (Å²) in [5, 5.41) is 0.593. The zero-order chi connectivity index (χ0) is 25.3. The number of rotatable bonds is 6. The molecule has 1 amide bonds. The van der Waals surface area contributed by atoms with Gasteiger partial charge in [-0.15, -0.1) is 0 Å². The number of nitrogens with zero attached hydrogens (tertiary/aromatic N) is 3. The minimum absolute atomic E-state index is 0.215. The van der Waals surface area contributed by atoms with Crippen molar-refractivity contribution in [3.05, 3.63) is 88.4 Å². The van der Waals surface area contributed by atoms with Crippen LogP contribution in [0.1, 0.15) is 35.7 Å². The predicted molar refractivity (Wildman–Crippen MR) is 148 cm³/mol. The van der Waals surface area contributed by atoms with Crippen molar-refractivity contribution in [3.8, 4) is 0 Å². The number of carbonyl (C=O) groups excluding carboxylic acids is 1. The Labute approximate surface area is 223 Å². The number of anilines is 1. The van der Waals surface area contributed by atoms with E-state index >= 15 is 0 Å². The normalized spacial score (nSPS) is 16.8. The molecule has 0 N–H and O–H groups in total. The molecule has 1 aliphatic heterocycles. The Morgan fingerprint density at radius 3 is 2.58 bits per heavy atom. The second-order valence-electron chi connectivity index (χ2n) is 9.12. The summed E-state index contributed by atoms with van der Waals surface area (Å²) in [4.78, 5) is 20.3. The van der Waals surface area contributed by atoms with Crippen molar-refractivity contribution in [3.63, 3.8) is 0 Å². The van der Waals surface area contributed by atoms with Crippen LogP contribution in [0.3, 0.4) is 0 Å². The number of hydrogen-bond acceptors (Lipinski definition) is 5. The molecule has 1 atom stereocenters. The van der Waals surface area contributed by atoms with Gasteiger partial charge in [-0.1, -0.05) is 64.5 Å². The molecule has 9 heteroatoms. The number of benzene rings is 3.